The van der Waals surface area contributed by atoms with Crippen molar-refractivity contribution in [2.24, 2.45) is 5.92 Å². The summed E-state index contributed by atoms with van der Waals surface area (Å²) in [5, 5.41) is 0.0658. The fraction of sp³-hybridized carbons (Fsp3) is 0.524. The number of rotatable bonds is 5. The second kappa shape index (κ2) is 8.96. The highest BCUT2D eigenvalue weighted by Crippen LogP contribution is 2.25. The lowest BCUT2D eigenvalue weighted by Crippen LogP contribution is -2.52. The van der Waals surface area contributed by atoms with Crippen LogP contribution in [0.25, 0.3) is 0 Å². The van der Waals surface area contributed by atoms with Crippen LogP contribution >= 0.6 is 0 Å². The number of nitrogens with zero attached hydrogens (tertiary/aromatic N) is 5. The summed E-state index contributed by atoms with van der Waals surface area (Å²) >= 11 is 0. The van der Waals surface area contributed by atoms with E-state index in [1.807, 2.05) is 11.8 Å². The van der Waals surface area contributed by atoms with Gasteiger partial charge in [-0.05, 0) is 44.0 Å². The van der Waals surface area contributed by atoms with Crippen LogP contribution in [0.15, 0.2) is 41.8 Å². The standard InChI is InChI=1S/C21H28FN5O3S/c1-2-24-15-20(23-16-24)31(29,30)27-9-7-17(8-10-27)21(28)26-13-11-25(12-14-26)19-5-3-18(22)4-6-19/h3-6,15-17H,2,7-14H2,1H3. The van der Waals surface area contributed by atoms with Crippen LogP contribution in [0, 0.1) is 11.7 Å². The number of hydrogen-bond acceptors (Lipinski definition) is 5. The molecular formula is C21H28FN5O3S. The minimum Gasteiger partial charge on any atom is -0.368 e. The summed E-state index contributed by atoms with van der Waals surface area (Å²) in [7, 11) is -3.62. The molecule has 0 radical (unpaired) electrons. The summed E-state index contributed by atoms with van der Waals surface area (Å²) in [6.07, 6.45) is 4.11. The number of sulfonamides is 1. The maximum atomic E-state index is 13.1. The molecule has 10 heteroatoms. The summed E-state index contributed by atoms with van der Waals surface area (Å²) in [4.78, 5) is 21.0. The van der Waals surface area contributed by atoms with Crippen molar-refractivity contribution in [1.29, 1.82) is 0 Å². The molecule has 0 bridgehead atoms. The van der Waals surface area contributed by atoms with E-state index in [-0.39, 0.29) is 22.7 Å². The Hall–Kier alpha value is -2.46. The van der Waals surface area contributed by atoms with Crippen LogP contribution in [0.4, 0.5) is 10.1 Å². The molecule has 31 heavy (non-hydrogen) atoms. The number of hydrogen-bond donors (Lipinski definition) is 0. The zero-order valence-corrected chi connectivity index (χ0v) is 18.5. The number of imidazole rings is 1. The maximum absolute atomic E-state index is 13.1. The predicted molar refractivity (Wildman–Crippen MR) is 115 cm³/mol. The Kier molecular flexibility index (Phi) is 6.29. The van der Waals surface area contributed by atoms with Gasteiger partial charge in [0.15, 0.2) is 5.03 Å². The topological polar surface area (TPSA) is 78.8 Å². The van der Waals surface area contributed by atoms with E-state index in [0.717, 1.165) is 5.69 Å². The first-order valence-corrected chi connectivity index (χ1v) is 12.1. The third-order valence-corrected chi connectivity index (χ3v) is 7.95. The van der Waals surface area contributed by atoms with Crippen molar-refractivity contribution >= 4 is 21.6 Å². The molecule has 0 saturated carbocycles. The Morgan fingerprint density at radius 2 is 1.71 bits per heavy atom. The molecule has 1 aromatic carbocycles. The number of halogens is 1. The van der Waals surface area contributed by atoms with Gasteiger partial charge in [0, 0.05) is 63.6 Å². The van der Waals surface area contributed by atoms with Gasteiger partial charge in [-0.3, -0.25) is 4.79 Å². The largest absolute Gasteiger partial charge is 0.368 e. The lowest BCUT2D eigenvalue weighted by Gasteiger charge is -2.39. The van der Waals surface area contributed by atoms with Crippen molar-refractivity contribution in [1.82, 2.24) is 18.8 Å². The number of piperidine rings is 1. The van der Waals surface area contributed by atoms with Crippen molar-refractivity contribution in [2.75, 3.05) is 44.2 Å². The SMILES string of the molecule is CCn1cnc(S(=O)(=O)N2CCC(C(=O)N3CCN(c4ccc(F)cc4)CC3)CC2)c1. The Balaban J connectivity index is 1.30. The molecule has 4 rings (SSSR count). The molecule has 2 aliphatic rings. The van der Waals surface area contributed by atoms with Gasteiger partial charge in [0.1, 0.15) is 5.82 Å². The van der Waals surface area contributed by atoms with Crippen molar-refractivity contribution in [2.45, 2.75) is 31.3 Å². The molecule has 2 aliphatic heterocycles. The number of aryl methyl sites for hydroxylation is 1. The monoisotopic (exact) mass is 449 g/mol. The summed E-state index contributed by atoms with van der Waals surface area (Å²) in [6, 6.07) is 6.40. The van der Waals surface area contributed by atoms with Crippen molar-refractivity contribution in [3.05, 3.63) is 42.6 Å². The second-order valence-corrected chi connectivity index (χ2v) is 9.89. The highest BCUT2D eigenvalue weighted by Gasteiger charge is 2.35. The first kappa shape index (κ1) is 21.8. The minimum absolute atomic E-state index is 0.0658. The van der Waals surface area contributed by atoms with Gasteiger partial charge < -0.3 is 14.4 Å². The van der Waals surface area contributed by atoms with Gasteiger partial charge in [0.2, 0.25) is 5.91 Å². The van der Waals surface area contributed by atoms with Gasteiger partial charge >= 0.3 is 0 Å². The Labute approximate surface area is 182 Å². The zero-order chi connectivity index (χ0) is 22.0. The average Bonchev–Trinajstić information content (AvgIpc) is 3.30. The molecule has 1 aromatic heterocycles. The van der Waals surface area contributed by atoms with Crippen LogP contribution in [-0.2, 0) is 21.4 Å². The van der Waals surface area contributed by atoms with Crippen LogP contribution in [0.2, 0.25) is 0 Å². The van der Waals surface area contributed by atoms with E-state index < -0.39 is 10.0 Å². The summed E-state index contributed by atoms with van der Waals surface area (Å²) in [6.45, 7) is 5.87. The molecule has 2 aromatic rings. The average molecular weight is 450 g/mol. The van der Waals surface area contributed by atoms with Gasteiger partial charge in [0.05, 0.1) is 6.33 Å². The second-order valence-electron chi connectivity index (χ2n) is 8.01. The van der Waals surface area contributed by atoms with Gasteiger partial charge in [-0.1, -0.05) is 0 Å². The van der Waals surface area contributed by atoms with Gasteiger partial charge in [0.25, 0.3) is 10.0 Å². The normalized spacial score (nSPS) is 19.0. The predicted octanol–water partition coefficient (Wildman–Crippen LogP) is 1.79. The van der Waals surface area contributed by atoms with Gasteiger partial charge in [-0.15, -0.1) is 0 Å². The highest BCUT2D eigenvalue weighted by atomic mass is 32.2. The summed E-state index contributed by atoms with van der Waals surface area (Å²) in [5.41, 5.74) is 0.956. The molecule has 0 spiro atoms. The fourth-order valence-corrected chi connectivity index (χ4v) is 5.62. The number of piperazine rings is 1. The number of amides is 1. The molecule has 0 N–H and O–H groups in total. The Bertz CT molecular complexity index is 1010. The first-order chi connectivity index (χ1) is 14.9. The van der Waals surface area contributed by atoms with Crippen LogP contribution in [-0.4, -0.2) is 72.3 Å². The summed E-state index contributed by atoms with van der Waals surface area (Å²) in [5.74, 6) is -0.312. The Morgan fingerprint density at radius 1 is 1.06 bits per heavy atom. The van der Waals surface area contributed by atoms with Crippen LogP contribution < -0.4 is 4.90 Å². The van der Waals surface area contributed by atoms with E-state index in [9.17, 15) is 17.6 Å². The van der Waals surface area contributed by atoms with E-state index >= 15 is 0 Å². The summed E-state index contributed by atoms with van der Waals surface area (Å²) < 4.78 is 41.9. The molecular weight excluding hydrogens is 421 g/mol. The third kappa shape index (κ3) is 4.59. The molecule has 8 nitrogen and oxygen atoms in total. The maximum Gasteiger partial charge on any atom is 0.262 e. The number of benzene rings is 1. The van der Waals surface area contributed by atoms with E-state index in [0.29, 0.717) is 58.7 Å². The smallest absolute Gasteiger partial charge is 0.262 e. The Morgan fingerprint density at radius 3 is 2.29 bits per heavy atom. The van der Waals surface area contributed by atoms with E-state index in [2.05, 4.69) is 9.88 Å². The van der Waals surface area contributed by atoms with E-state index in [1.165, 1.54) is 22.8 Å². The highest BCUT2D eigenvalue weighted by molar-refractivity contribution is 7.89. The van der Waals surface area contributed by atoms with Crippen LogP contribution in [0.1, 0.15) is 19.8 Å². The zero-order valence-electron chi connectivity index (χ0n) is 17.7. The van der Waals surface area contributed by atoms with E-state index in [1.54, 1.807) is 22.9 Å². The van der Waals surface area contributed by atoms with Crippen molar-refractivity contribution < 1.29 is 17.6 Å². The molecule has 168 valence electrons. The van der Waals surface area contributed by atoms with Gasteiger partial charge in [-0.2, -0.15) is 4.31 Å². The number of carbonyl (C=O) groups excluding carboxylic acids is 1. The number of carbonyl (C=O) groups is 1. The molecule has 3 heterocycles. The molecule has 0 atom stereocenters. The number of aromatic nitrogens is 2. The van der Waals surface area contributed by atoms with Gasteiger partial charge in [-0.25, -0.2) is 17.8 Å². The molecule has 0 aliphatic carbocycles. The lowest BCUT2D eigenvalue weighted by atomic mass is 9.96. The third-order valence-electron chi connectivity index (χ3n) is 6.17. The van der Waals surface area contributed by atoms with Crippen LogP contribution in [0.3, 0.4) is 0 Å². The van der Waals surface area contributed by atoms with E-state index in [4.69, 9.17) is 0 Å². The molecule has 2 saturated heterocycles. The van der Waals surface area contributed by atoms with Crippen LogP contribution in [0.5, 0.6) is 0 Å². The number of anilines is 1. The first-order valence-electron chi connectivity index (χ1n) is 10.7. The molecule has 0 unspecified atom stereocenters. The van der Waals surface area contributed by atoms with Crippen molar-refractivity contribution in [3.63, 3.8) is 0 Å². The fourth-order valence-electron chi connectivity index (χ4n) is 4.22. The quantitative estimate of drug-likeness (QED) is 0.696. The molecule has 1 amide bonds. The van der Waals surface area contributed by atoms with Crippen molar-refractivity contribution in [3.8, 4) is 0 Å². The lowest BCUT2D eigenvalue weighted by molar-refractivity contribution is -0.137. The molecule has 2 fully saturated rings. The minimum atomic E-state index is -3.62.